The molecule has 0 saturated carbocycles. The zero-order valence-corrected chi connectivity index (χ0v) is 13.1. The summed E-state index contributed by atoms with van der Waals surface area (Å²) in [4.78, 5) is 28.3. The molecule has 22 heavy (non-hydrogen) atoms. The van der Waals surface area contributed by atoms with Crippen LogP contribution in [0.3, 0.4) is 0 Å². The third-order valence-electron chi connectivity index (χ3n) is 3.60. The van der Waals surface area contributed by atoms with Gasteiger partial charge in [-0.05, 0) is 32.6 Å². The molecular weight excluding hydrogens is 278 g/mol. The zero-order chi connectivity index (χ0) is 16.1. The van der Waals surface area contributed by atoms with E-state index in [0.29, 0.717) is 17.8 Å². The van der Waals surface area contributed by atoms with Crippen LogP contribution in [0.2, 0.25) is 0 Å². The van der Waals surface area contributed by atoms with Crippen molar-refractivity contribution in [2.45, 2.75) is 13.0 Å². The molecule has 0 saturated heterocycles. The summed E-state index contributed by atoms with van der Waals surface area (Å²) in [6.45, 7) is 1.96. The van der Waals surface area contributed by atoms with Crippen molar-refractivity contribution in [2.75, 3.05) is 20.6 Å². The third-order valence-corrected chi connectivity index (χ3v) is 3.60. The Labute approximate surface area is 130 Å². The molecule has 1 unspecified atom stereocenters. The summed E-state index contributed by atoms with van der Waals surface area (Å²) in [5.74, 6) is -0.277. The highest BCUT2D eigenvalue weighted by atomic mass is 16.2. The Morgan fingerprint density at radius 3 is 2.45 bits per heavy atom. The summed E-state index contributed by atoms with van der Waals surface area (Å²) in [6.07, 6.45) is 1.55. The third kappa shape index (κ3) is 3.83. The summed E-state index contributed by atoms with van der Waals surface area (Å²) in [5, 5.41) is 2.91. The molecule has 1 aromatic carbocycles. The molecule has 0 aliphatic rings. The molecular formula is C17H21N3O2. The van der Waals surface area contributed by atoms with Crippen molar-refractivity contribution in [3.63, 3.8) is 0 Å². The molecule has 5 heteroatoms. The number of H-pyrrole nitrogens is 1. The number of carbonyl (C=O) groups is 2. The van der Waals surface area contributed by atoms with E-state index in [2.05, 4.69) is 15.2 Å². The minimum absolute atomic E-state index is 0.0641. The highest BCUT2D eigenvalue weighted by molar-refractivity contribution is 5.99. The van der Waals surface area contributed by atoms with Gasteiger partial charge in [0.2, 0.25) is 0 Å². The second-order valence-corrected chi connectivity index (χ2v) is 5.46. The fourth-order valence-corrected chi connectivity index (χ4v) is 2.29. The zero-order valence-electron chi connectivity index (χ0n) is 13.1. The molecule has 0 aliphatic carbocycles. The number of benzene rings is 1. The fraction of sp³-hybridized carbons (Fsp3) is 0.294. The molecule has 0 radical (unpaired) electrons. The number of hydrogen-bond donors (Lipinski definition) is 2. The monoisotopic (exact) mass is 299 g/mol. The molecule has 2 N–H and O–H groups in total. The van der Waals surface area contributed by atoms with E-state index in [-0.39, 0.29) is 17.7 Å². The van der Waals surface area contributed by atoms with Crippen LogP contribution in [-0.4, -0.2) is 42.2 Å². The molecule has 0 aliphatic heterocycles. The largest absolute Gasteiger partial charge is 0.356 e. The van der Waals surface area contributed by atoms with Gasteiger partial charge in [-0.25, -0.2) is 0 Å². The van der Waals surface area contributed by atoms with Crippen molar-refractivity contribution >= 4 is 11.7 Å². The SMILES string of the molecule is CC(=O)c1c[nH]c(C(=O)NCC(c2ccccc2)N(C)C)c1. The number of likely N-dealkylation sites (N-methyl/N-ethyl adjacent to an activating group) is 1. The van der Waals surface area contributed by atoms with E-state index in [4.69, 9.17) is 0 Å². The number of nitrogens with zero attached hydrogens (tertiary/aromatic N) is 1. The van der Waals surface area contributed by atoms with Crippen LogP contribution in [0.4, 0.5) is 0 Å². The normalized spacial score (nSPS) is 12.2. The standard InChI is InChI=1S/C17H21N3O2/c1-12(21)14-9-15(18-10-14)17(22)19-11-16(20(2)3)13-7-5-4-6-8-13/h4-10,16,18H,11H2,1-3H3,(H,19,22). The number of aromatic nitrogens is 1. The molecule has 1 aromatic heterocycles. The second kappa shape index (κ2) is 7.04. The first kappa shape index (κ1) is 16.0. The number of nitrogens with one attached hydrogen (secondary N) is 2. The Morgan fingerprint density at radius 1 is 1.23 bits per heavy atom. The topological polar surface area (TPSA) is 65.2 Å². The predicted octanol–water partition coefficient (Wildman–Crippen LogP) is 2.25. The molecule has 1 amide bonds. The Morgan fingerprint density at radius 2 is 1.91 bits per heavy atom. The van der Waals surface area contributed by atoms with Crippen LogP contribution >= 0.6 is 0 Å². The maximum atomic E-state index is 12.2. The van der Waals surface area contributed by atoms with Gasteiger partial charge in [-0.3, -0.25) is 9.59 Å². The number of amides is 1. The van der Waals surface area contributed by atoms with Gasteiger partial charge in [-0.2, -0.15) is 0 Å². The lowest BCUT2D eigenvalue weighted by Gasteiger charge is -2.25. The Hall–Kier alpha value is -2.40. The van der Waals surface area contributed by atoms with E-state index in [1.165, 1.54) is 6.92 Å². The van der Waals surface area contributed by atoms with Gasteiger partial charge >= 0.3 is 0 Å². The van der Waals surface area contributed by atoms with Crippen LogP contribution in [0.5, 0.6) is 0 Å². The molecule has 2 rings (SSSR count). The number of carbonyl (C=O) groups excluding carboxylic acids is 2. The summed E-state index contributed by atoms with van der Waals surface area (Å²) >= 11 is 0. The molecule has 116 valence electrons. The van der Waals surface area contributed by atoms with E-state index >= 15 is 0 Å². The average Bonchev–Trinajstić information content (AvgIpc) is 2.98. The summed E-state index contributed by atoms with van der Waals surface area (Å²) in [6, 6.07) is 11.7. The Bertz CT molecular complexity index is 647. The van der Waals surface area contributed by atoms with Crippen molar-refractivity contribution in [3.8, 4) is 0 Å². The lowest BCUT2D eigenvalue weighted by Crippen LogP contribution is -2.34. The van der Waals surface area contributed by atoms with E-state index in [9.17, 15) is 9.59 Å². The van der Waals surface area contributed by atoms with Gasteiger partial charge in [-0.1, -0.05) is 30.3 Å². The minimum Gasteiger partial charge on any atom is -0.356 e. The van der Waals surface area contributed by atoms with Crippen LogP contribution in [0.1, 0.15) is 39.4 Å². The summed E-state index contributed by atoms with van der Waals surface area (Å²) in [5.41, 5.74) is 2.05. The van der Waals surface area contributed by atoms with Gasteiger partial charge in [0.15, 0.2) is 5.78 Å². The molecule has 0 bridgehead atoms. The number of rotatable bonds is 6. The first-order valence-corrected chi connectivity index (χ1v) is 7.18. The van der Waals surface area contributed by atoms with E-state index < -0.39 is 0 Å². The van der Waals surface area contributed by atoms with Crippen molar-refractivity contribution in [2.24, 2.45) is 0 Å². The highest BCUT2D eigenvalue weighted by Crippen LogP contribution is 2.16. The molecule has 5 nitrogen and oxygen atoms in total. The van der Waals surface area contributed by atoms with Gasteiger partial charge < -0.3 is 15.2 Å². The lowest BCUT2D eigenvalue weighted by atomic mass is 10.1. The van der Waals surface area contributed by atoms with E-state index in [0.717, 1.165) is 5.56 Å². The first-order valence-electron chi connectivity index (χ1n) is 7.18. The van der Waals surface area contributed by atoms with Gasteiger partial charge in [0.25, 0.3) is 5.91 Å². The van der Waals surface area contributed by atoms with Gasteiger partial charge in [-0.15, -0.1) is 0 Å². The Balaban J connectivity index is 2.03. The van der Waals surface area contributed by atoms with Crippen LogP contribution in [0, 0.1) is 0 Å². The highest BCUT2D eigenvalue weighted by Gasteiger charge is 2.16. The predicted molar refractivity (Wildman–Crippen MR) is 86.0 cm³/mol. The smallest absolute Gasteiger partial charge is 0.267 e. The molecule has 1 atom stereocenters. The Kier molecular flexibility index (Phi) is 5.12. The number of Topliss-reactive ketones (excluding diaryl/α,β-unsaturated/α-hetero) is 1. The molecule has 1 heterocycles. The molecule has 0 spiro atoms. The lowest BCUT2D eigenvalue weighted by molar-refractivity contribution is 0.0937. The fourth-order valence-electron chi connectivity index (χ4n) is 2.29. The number of ketones is 1. The van der Waals surface area contributed by atoms with E-state index in [1.54, 1.807) is 12.3 Å². The van der Waals surface area contributed by atoms with Crippen molar-refractivity contribution < 1.29 is 9.59 Å². The maximum Gasteiger partial charge on any atom is 0.267 e. The summed E-state index contributed by atoms with van der Waals surface area (Å²) < 4.78 is 0. The first-order chi connectivity index (χ1) is 10.5. The number of aromatic amines is 1. The quantitative estimate of drug-likeness (QED) is 0.804. The average molecular weight is 299 g/mol. The van der Waals surface area contributed by atoms with Crippen molar-refractivity contribution in [1.29, 1.82) is 0 Å². The second-order valence-electron chi connectivity index (χ2n) is 5.46. The molecule has 2 aromatic rings. The summed E-state index contributed by atoms with van der Waals surface area (Å²) in [7, 11) is 3.96. The molecule has 0 fully saturated rings. The van der Waals surface area contributed by atoms with Crippen LogP contribution < -0.4 is 5.32 Å². The van der Waals surface area contributed by atoms with E-state index in [1.807, 2.05) is 44.4 Å². The van der Waals surface area contributed by atoms with Crippen molar-refractivity contribution in [1.82, 2.24) is 15.2 Å². The minimum atomic E-state index is -0.213. The maximum absolute atomic E-state index is 12.2. The van der Waals surface area contributed by atoms with Crippen LogP contribution in [-0.2, 0) is 0 Å². The van der Waals surface area contributed by atoms with Gasteiger partial charge in [0.05, 0.1) is 6.04 Å². The van der Waals surface area contributed by atoms with Gasteiger partial charge in [0, 0.05) is 18.3 Å². The van der Waals surface area contributed by atoms with Crippen LogP contribution in [0.15, 0.2) is 42.6 Å². The van der Waals surface area contributed by atoms with Gasteiger partial charge in [0.1, 0.15) is 5.69 Å². The van der Waals surface area contributed by atoms with Crippen LogP contribution in [0.25, 0.3) is 0 Å². The van der Waals surface area contributed by atoms with Crippen molar-refractivity contribution in [3.05, 3.63) is 59.4 Å². The number of hydrogen-bond acceptors (Lipinski definition) is 3.